The second-order valence-corrected chi connectivity index (χ2v) is 3.53. The van der Waals surface area contributed by atoms with Gasteiger partial charge in [0.15, 0.2) is 11.5 Å². The Morgan fingerprint density at radius 2 is 2.36 bits per heavy atom. The van der Waals surface area contributed by atoms with Crippen LogP contribution in [0, 0.1) is 5.82 Å². The highest BCUT2D eigenvalue weighted by Gasteiger charge is 2.22. The van der Waals surface area contributed by atoms with Gasteiger partial charge in [0, 0.05) is 12.1 Å². The molecular formula is C8H7BrFNO3. The van der Waals surface area contributed by atoms with Crippen LogP contribution in [-0.4, -0.2) is 12.0 Å². The maximum absolute atomic E-state index is 13.5. The lowest BCUT2D eigenvalue weighted by molar-refractivity contribution is 0.160. The standard InChI is InChI=1S/C8H7BrFNO3/c9-6-7(10)4(2-11-12)1-5-8(6)14-3-13-5/h1,11-12H,2-3H2. The molecule has 2 N–H and O–H groups in total. The molecule has 0 atom stereocenters. The minimum atomic E-state index is -0.462. The van der Waals surface area contributed by atoms with Gasteiger partial charge in [-0.3, -0.25) is 0 Å². The van der Waals surface area contributed by atoms with Crippen LogP contribution in [0.5, 0.6) is 11.5 Å². The second kappa shape index (κ2) is 3.72. The Hall–Kier alpha value is -0.850. The lowest BCUT2D eigenvalue weighted by atomic mass is 10.2. The van der Waals surface area contributed by atoms with Crippen LogP contribution in [0.25, 0.3) is 0 Å². The van der Waals surface area contributed by atoms with Gasteiger partial charge in [0.1, 0.15) is 5.82 Å². The summed E-state index contributed by atoms with van der Waals surface area (Å²) in [5, 5.41) is 8.48. The van der Waals surface area contributed by atoms with Gasteiger partial charge in [0.2, 0.25) is 6.79 Å². The van der Waals surface area contributed by atoms with Crippen LogP contribution in [0.3, 0.4) is 0 Å². The number of fused-ring (bicyclic) bond motifs is 1. The molecule has 1 heterocycles. The molecule has 2 rings (SSSR count). The molecule has 0 aromatic heterocycles. The van der Waals surface area contributed by atoms with Crippen molar-refractivity contribution < 1.29 is 19.1 Å². The normalized spacial score (nSPS) is 13.4. The molecular weight excluding hydrogens is 257 g/mol. The van der Waals surface area contributed by atoms with Crippen LogP contribution >= 0.6 is 15.9 Å². The van der Waals surface area contributed by atoms with Crippen molar-refractivity contribution in [3.05, 3.63) is 21.9 Å². The molecule has 0 bridgehead atoms. The van der Waals surface area contributed by atoms with E-state index in [1.54, 1.807) is 0 Å². The zero-order valence-corrected chi connectivity index (χ0v) is 8.60. The number of rotatable bonds is 2. The summed E-state index contributed by atoms with van der Waals surface area (Å²) in [5.74, 6) is 0.378. The van der Waals surface area contributed by atoms with E-state index in [1.165, 1.54) is 6.07 Å². The van der Waals surface area contributed by atoms with Crippen molar-refractivity contribution in [1.29, 1.82) is 0 Å². The molecule has 0 fully saturated rings. The molecule has 0 saturated carbocycles. The van der Waals surface area contributed by atoms with Crippen molar-refractivity contribution in [2.45, 2.75) is 6.54 Å². The van der Waals surface area contributed by atoms with E-state index in [1.807, 2.05) is 5.48 Å². The molecule has 1 aliphatic heterocycles. The van der Waals surface area contributed by atoms with Gasteiger partial charge in [-0.15, -0.1) is 0 Å². The maximum atomic E-state index is 13.5. The smallest absolute Gasteiger partial charge is 0.231 e. The summed E-state index contributed by atoms with van der Waals surface area (Å²) in [6.45, 7) is 0.102. The van der Waals surface area contributed by atoms with Gasteiger partial charge in [0.25, 0.3) is 0 Å². The first-order chi connectivity index (χ1) is 6.74. The first kappa shape index (κ1) is 9.70. The van der Waals surface area contributed by atoms with Crippen molar-refractivity contribution in [1.82, 2.24) is 5.48 Å². The van der Waals surface area contributed by atoms with Crippen LogP contribution < -0.4 is 15.0 Å². The Morgan fingerprint density at radius 1 is 1.57 bits per heavy atom. The van der Waals surface area contributed by atoms with Gasteiger partial charge in [0.05, 0.1) is 4.47 Å². The monoisotopic (exact) mass is 263 g/mol. The highest BCUT2D eigenvalue weighted by atomic mass is 79.9. The van der Waals surface area contributed by atoms with Gasteiger partial charge < -0.3 is 14.7 Å². The van der Waals surface area contributed by atoms with Crippen molar-refractivity contribution in [2.24, 2.45) is 0 Å². The molecule has 1 aliphatic rings. The number of benzene rings is 1. The molecule has 1 aromatic carbocycles. The summed E-state index contributed by atoms with van der Waals surface area (Å²) < 4.78 is 23.9. The van der Waals surface area contributed by atoms with Crippen LogP contribution in [0.15, 0.2) is 10.5 Å². The lowest BCUT2D eigenvalue weighted by Gasteiger charge is -2.06. The van der Waals surface area contributed by atoms with Crippen molar-refractivity contribution in [3.63, 3.8) is 0 Å². The Labute approximate surface area is 87.7 Å². The molecule has 0 aliphatic carbocycles. The van der Waals surface area contributed by atoms with Crippen LogP contribution in [0.4, 0.5) is 4.39 Å². The fourth-order valence-corrected chi connectivity index (χ4v) is 1.81. The Kier molecular flexibility index (Phi) is 2.58. The fraction of sp³-hybridized carbons (Fsp3) is 0.250. The third kappa shape index (κ3) is 1.45. The Morgan fingerprint density at radius 3 is 3.07 bits per heavy atom. The van der Waals surface area contributed by atoms with Gasteiger partial charge in [-0.05, 0) is 22.0 Å². The molecule has 6 heteroatoms. The third-order valence-corrected chi connectivity index (χ3v) is 2.60. The molecule has 0 saturated heterocycles. The Bertz CT molecular complexity index is 372. The van der Waals surface area contributed by atoms with Crippen LogP contribution in [-0.2, 0) is 6.54 Å². The van der Waals surface area contributed by atoms with E-state index >= 15 is 0 Å². The van der Waals surface area contributed by atoms with E-state index in [0.717, 1.165) is 0 Å². The maximum Gasteiger partial charge on any atom is 0.231 e. The van der Waals surface area contributed by atoms with Crippen molar-refractivity contribution in [3.8, 4) is 11.5 Å². The van der Waals surface area contributed by atoms with E-state index in [9.17, 15) is 4.39 Å². The first-order valence-electron chi connectivity index (χ1n) is 3.87. The summed E-state index contributed by atoms with van der Waals surface area (Å²) in [4.78, 5) is 0. The van der Waals surface area contributed by atoms with E-state index in [2.05, 4.69) is 15.9 Å². The van der Waals surface area contributed by atoms with Gasteiger partial charge in [-0.1, -0.05) is 0 Å². The molecule has 4 nitrogen and oxygen atoms in total. The zero-order valence-electron chi connectivity index (χ0n) is 7.01. The number of hydrogen-bond acceptors (Lipinski definition) is 4. The number of ether oxygens (including phenoxy) is 2. The molecule has 0 spiro atoms. The Balaban J connectivity index is 2.49. The predicted molar refractivity (Wildman–Crippen MR) is 48.8 cm³/mol. The average molecular weight is 264 g/mol. The quantitative estimate of drug-likeness (QED) is 0.799. The van der Waals surface area contributed by atoms with Crippen molar-refractivity contribution in [2.75, 3.05) is 6.79 Å². The molecule has 1 aromatic rings. The first-order valence-corrected chi connectivity index (χ1v) is 4.66. The lowest BCUT2D eigenvalue weighted by Crippen LogP contribution is -2.08. The number of hydroxylamine groups is 1. The molecule has 0 unspecified atom stereocenters. The minimum Gasteiger partial charge on any atom is -0.454 e. The average Bonchev–Trinajstić information content (AvgIpc) is 2.62. The van der Waals surface area contributed by atoms with Gasteiger partial charge in [-0.2, -0.15) is 0 Å². The van der Waals surface area contributed by atoms with Crippen LogP contribution in [0.2, 0.25) is 0 Å². The van der Waals surface area contributed by atoms with E-state index in [0.29, 0.717) is 17.1 Å². The summed E-state index contributed by atoms with van der Waals surface area (Å²) in [6, 6.07) is 1.49. The second-order valence-electron chi connectivity index (χ2n) is 2.73. The summed E-state index contributed by atoms with van der Waals surface area (Å²) in [5.41, 5.74) is 2.19. The van der Waals surface area contributed by atoms with Gasteiger partial charge in [-0.25, -0.2) is 9.87 Å². The molecule has 0 radical (unpaired) electrons. The molecule has 0 amide bonds. The van der Waals surface area contributed by atoms with Gasteiger partial charge >= 0.3 is 0 Å². The SMILES string of the molecule is ONCc1cc2c(c(Br)c1F)OCO2. The number of halogens is 2. The zero-order chi connectivity index (χ0) is 10.1. The highest BCUT2D eigenvalue weighted by molar-refractivity contribution is 9.10. The molecule has 76 valence electrons. The minimum absolute atomic E-state index is 0.0150. The molecule has 14 heavy (non-hydrogen) atoms. The number of nitrogens with one attached hydrogen (secondary N) is 1. The van der Waals surface area contributed by atoms with E-state index in [4.69, 9.17) is 14.7 Å². The third-order valence-electron chi connectivity index (χ3n) is 1.89. The van der Waals surface area contributed by atoms with E-state index < -0.39 is 5.82 Å². The predicted octanol–water partition coefficient (Wildman–Crippen LogP) is 1.80. The van der Waals surface area contributed by atoms with E-state index in [-0.39, 0.29) is 17.8 Å². The fourth-order valence-electron chi connectivity index (χ4n) is 1.24. The number of hydrogen-bond donors (Lipinski definition) is 2. The topological polar surface area (TPSA) is 50.7 Å². The summed E-state index contributed by atoms with van der Waals surface area (Å²) in [6.07, 6.45) is 0. The van der Waals surface area contributed by atoms with Crippen molar-refractivity contribution >= 4 is 15.9 Å². The summed E-state index contributed by atoms with van der Waals surface area (Å²) >= 11 is 3.06. The largest absolute Gasteiger partial charge is 0.454 e. The van der Waals surface area contributed by atoms with Crippen LogP contribution in [0.1, 0.15) is 5.56 Å². The highest BCUT2D eigenvalue weighted by Crippen LogP contribution is 2.41. The summed E-state index contributed by atoms with van der Waals surface area (Å²) in [7, 11) is 0.